The lowest BCUT2D eigenvalue weighted by molar-refractivity contribution is -0.136. The van der Waals surface area contributed by atoms with Gasteiger partial charge in [-0.15, -0.1) is 0 Å². The first-order chi connectivity index (χ1) is 7.33. The first-order valence-electron chi connectivity index (χ1n) is 4.50. The van der Waals surface area contributed by atoms with Crippen LogP contribution in [0.3, 0.4) is 0 Å². The van der Waals surface area contributed by atoms with Gasteiger partial charge in [0, 0.05) is 6.20 Å². The Hall–Kier alpha value is -1.63. The molecule has 1 heterocycles. The van der Waals surface area contributed by atoms with E-state index in [0.29, 0.717) is 0 Å². The molecule has 6 nitrogen and oxygen atoms in total. The molecule has 88 valence electrons. The second-order valence-corrected chi connectivity index (χ2v) is 5.35. The van der Waals surface area contributed by atoms with E-state index in [1.807, 2.05) is 6.92 Å². The van der Waals surface area contributed by atoms with Gasteiger partial charge in [-0.25, -0.2) is 13.4 Å². The summed E-state index contributed by atoms with van der Waals surface area (Å²) in [7, 11) is -3.94. The largest absolute Gasteiger partial charge is 0.480 e. The summed E-state index contributed by atoms with van der Waals surface area (Å²) in [6.45, 7) is 2.91. The standard InChI is InChI=1S/C9H12N2O4S/c1-6-3-4-8(10-5-6)11-16(14,15)7(2)9(12)13/h3-5,7H,1-2H3,(H,10,11)(H,12,13). The second-order valence-electron chi connectivity index (χ2n) is 3.35. The third-order valence-corrected chi connectivity index (χ3v) is 3.60. The fourth-order valence-corrected chi connectivity index (χ4v) is 1.75. The summed E-state index contributed by atoms with van der Waals surface area (Å²) in [6, 6.07) is 3.15. The molecule has 1 atom stereocenters. The van der Waals surface area contributed by atoms with Gasteiger partial charge < -0.3 is 5.11 Å². The lowest BCUT2D eigenvalue weighted by atomic mass is 10.3. The van der Waals surface area contributed by atoms with Crippen molar-refractivity contribution in [1.82, 2.24) is 4.98 Å². The molecule has 0 bridgehead atoms. The Morgan fingerprint density at radius 2 is 2.12 bits per heavy atom. The molecule has 16 heavy (non-hydrogen) atoms. The van der Waals surface area contributed by atoms with Crippen LogP contribution in [0.15, 0.2) is 18.3 Å². The van der Waals surface area contributed by atoms with Gasteiger partial charge in [-0.3, -0.25) is 9.52 Å². The molecule has 1 rings (SSSR count). The number of hydrogen-bond acceptors (Lipinski definition) is 4. The van der Waals surface area contributed by atoms with Crippen molar-refractivity contribution >= 4 is 21.8 Å². The molecule has 0 saturated carbocycles. The number of carboxylic acid groups (broad SMARTS) is 1. The highest BCUT2D eigenvalue weighted by atomic mass is 32.2. The van der Waals surface area contributed by atoms with Crippen LogP contribution in [0.25, 0.3) is 0 Å². The zero-order valence-corrected chi connectivity index (χ0v) is 9.65. The van der Waals surface area contributed by atoms with Gasteiger partial charge in [-0.2, -0.15) is 0 Å². The first kappa shape index (κ1) is 12.4. The molecule has 1 aromatic heterocycles. The summed E-state index contributed by atoms with van der Waals surface area (Å²) in [5, 5.41) is 7.08. The fraction of sp³-hybridized carbons (Fsp3) is 0.333. The van der Waals surface area contributed by atoms with Crippen molar-refractivity contribution in [2.24, 2.45) is 0 Å². The highest BCUT2D eigenvalue weighted by Crippen LogP contribution is 2.09. The van der Waals surface area contributed by atoms with E-state index in [9.17, 15) is 13.2 Å². The Balaban J connectivity index is 2.89. The number of nitrogens with one attached hydrogen (secondary N) is 1. The molecule has 0 fully saturated rings. The van der Waals surface area contributed by atoms with Crippen molar-refractivity contribution in [3.63, 3.8) is 0 Å². The van der Waals surface area contributed by atoms with Gasteiger partial charge in [0.1, 0.15) is 5.82 Å². The monoisotopic (exact) mass is 244 g/mol. The third-order valence-electron chi connectivity index (χ3n) is 1.97. The van der Waals surface area contributed by atoms with Crippen LogP contribution in [0.1, 0.15) is 12.5 Å². The smallest absolute Gasteiger partial charge is 0.323 e. The Morgan fingerprint density at radius 1 is 1.50 bits per heavy atom. The summed E-state index contributed by atoms with van der Waals surface area (Å²) < 4.78 is 25.1. The molecule has 0 spiro atoms. The van der Waals surface area contributed by atoms with Crippen molar-refractivity contribution in [2.75, 3.05) is 4.72 Å². The fourth-order valence-electron chi connectivity index (χ4n) is 0.895. The Morgan fingerprint density at radius 3 is 2.56 bits per heavy atom. The number of pyridine rings is 1. The molecule has 0 saturated heterocycles. The van der Waals surface area contributed by atoms with Crippen molar-refractivity contribution in [3.8, 4) is 0 Å². The molecule has 7 heteroatoms. The quantitative estimate of drug-likeness (QED) is 0.808. The van der Waals surface area contributed by atoms with Crippen LogP contribution in [0.2, 0.25) is 0 Å². The van der Waals surface area contributed by atoms with E-state index in [1.165, 1.54) is 12.3 Å². The van der Waals surface area contributed by atoms with Gasteiger partial charge in [0.05, 0.1) is 0 Å². The van der Waals surface area contributed by atoms with Crippen LogP contribution in [-0.2, 0) is 14.8 Å². The predicted molar refractivity (Wildman–Crippen MR) is 58.6 cm³/mol. The predicted octanol–water partition coefficient (Wildman–Crippen LogP) is 0.605. The van der Waals surface area contributed by atoms with Crippen LogP contribution in [0.4, 0.5) is 5.82 Å². The van der Waals surface area contributed by atoms with E-state index in [4.69, 9.17) is 5.11 Å². The number of hydrogen-bond donors (Lipinski definition) is 2. The van der Waals surface area contributed by atoms with Gasteiger partial charge in [0.15, 0.2) is 5.25 Å². The summed E-state index contributed by atoms with van der Waals surface area (Å²) >= 11 is 0. The molecular weight excluding hydrogens is 232 g/mol. The molecule has 2 N–H and O–H groups in total. The maximum atomic E-state index is 11.5. The number of carbonyl (C=O) groups is 1. The van der Waals surface area contributed by atoms with Crippen molar-refractivity contribution < 1.29 is 18.3 Å². The zero-order valence-electron chi connectivity index (χ0n) is 8.84. The maximum Gasteiger partial charge on any atom is 0.323 e. The average molecular weight is 244 g/mol. The SMILES string of the molecule is Cc1ccc(NS(=O)(=O)C(C)C(=O)O)nc1. The molecule has 0 aliphatic heterocycles. The number of carboxylic acids is 1. The van der Waals surface area contributed by atoms with E-state index in [2.05, 4.69) is 9.71 Å². The van der Waals surface area contributed by atoms with Crippen LogP contribution in [0.5, 0.6) is 0 Å². The Labute approximate surface area is 93.4 Å². The number of nitrogens with zero attached hydrogens (tertiary/aromatic N) is 1. The zero-order chi connectivity index (χ0) is 12.3. The molecule has 0 aliphatic carbocycles. The number of aromatic nitrogens is 1. The van der Waals surface area contributed by atoms with Gasteiger partial charge in [0.2, 0.25) is 10.0 Å². The lowest BCUT2D eigenvalue weighted by Crippen LogP contribution is -2.32. The number of sulfonamides is 1. The van der Waals surface area contributed by atoms with Crippen molar-refractivity contribution in [3.05, 3.63) is 23.9 Å². The highest BCUT2D eigenvalue weighted by Gasteiger charge is 2.27. The summed E-state index contributed by atoms with van der Waals surface area (Å²) in [6.07, 6.45) is 1.49. The van der Waals surface area contributed by atoms with Crippen LogP contribution < -0.4 is 4.72 Å². The van der Waals surface area contributed by atoms with Gasteiger partial charge in [-0.05, 0) is 25.5 Å². The molecular formula is C9H12N2O4S. The second kappa shape index (κ2) is 4.48. The molecule has 0 aromatic carbocycles. The van der Waals surface area contributed by atoms with E-state index in [0.717, 1.165) is 12.5 Å². The van der Waals surface area contributed by atoms with E-state index in [1.54, 1.807) is 6.07 Å². The number of rotatable bonds is 4. The lowest BCUT2D eigenvalue weighted by Gasteiger charge is -2.10. The third kappa shape index (κ3) is 2.93. The highest BCUT2D eigenvalue weighted by molar-refractivity contribution is 7.94. The van der Waals surface area contributed by atoms with Gasteiger partial charge >= 0.3 is 5.97 Å². The van der Waals surface area contributed by atoms with Crippen molar-refractivity contribution in [2.45, 2.75) is 19.1 Å². The van der Waals surface area contributed by atoms with Crippen LogP contribution >= 0.6 is 0 Å². The minimum Gasteiger partial charge on any atom is -0.480 e. The molecule has 0 radical (unpaired) electrons. The molecule has 0 amide bonds. The van der Waals surface area contributed by atoms with Crippen LogP contribution in [-0.4, -0.2) is 29.7 Å². The molecule has 0 aliphatic rings. The molecule has 1 unspecified atom stereocenters. The van der Waals surface area contributed by atoms with Crippen molar-refractivity contribution in [1.29, 1.82) is 0 Å². The minimum atomic E-state index is -3.94. The number of aryl methyl sites for hydroxylation is 1. The Bertz CT molecular complexity index is 481. The molecule has 1 aromatic rings. The number of aliphatic carboxylic acids is 1. The normalized spacial score (nSPS) is 13.1. The summed E-state index contributed by atoms with van der Waals surface area (Å²) in [5.41, 5.74) is 0.884. The Kier molecular flexibility index (Phi) is 3.48. The average Bonchev–Trinajstić information content (AvgIpc) is 2.20. The van der Waals surface area contributed by atoms with Crippen LogP contribution in [0, 0.1) is 6.92 Å². The summed E-state index contributed by atoms with van der Waals surface area (Å²) in [5.74, 6) is -1.29. The van der Waals surface area contributed by atoms with E-state index in [-0.39, 0.29) is 5.82 Å². The van der Waals surface area contributed by atoms with E-state index >= 15 is 0 Å². The van der Waals surface area contributed by atoms with Gasteiger partial charge in [-0.1, -0.05) is 6.07 Å². The topological polar surface area (TPSA) is 96.4 Å². The summed E-state index contributed by atoms with van der Waals surface area (Å²) in [4.78, 5) is 14.4. The first-order valence-corrected chi connectivity index (χ1v) is 6.04. The minimum absolute atomic E-state index is 0.110. The van der Waals surface area contributed by atoms with E-state index < -0.39 is 21.2 Å². The maximum absolute atomic E-state index is 11.5. The number of anilines is 1. The van der Waals surface area contributed by atoms with Gasteiger partial charge in [0.25, 0.3) is 0 Å².